The van der Waals surface area contributed by atoms with Gasteiger partial charge in [-0.2, -0.15) is 5.26 Å². The molecule has 0 N–H and O–H groups in total. The molecule has 0 radical (unpaired) electrons. The van der Waals surface area contributed by atoms with Crippen molar-refractivity contribution in [3.05, 3.63) is 61.6 Å². The van der Waals surface area contributed by atoms with Gasteiger partial charge in [0.1, 0.15) is 17.6 Å². The van der Waals surface area contributed by atoms with Crippen LogP contribution in [-0.4, -0.2) is 4.92 Å². The first-order chi connectivity index (χ1) is 9.49. The number of nitro benzene ring substituents is 1. The van der Waals surface area contributed by atoms with Crippen LogP contribution in [0.5, 0.6) is 11.5 Å². The van der Waals surface area contributed by atoms with Crippen LogP contribution >= 0.6 is 27.5 Å². The molecule has 0 aromatic heterocycles. The van der Waals surface area contributed by atoms with Crippen molar-refractivity contribution in [3.8, 4) is 17.6 Å². The number of hydrogen-bond donors (Lipinski definition) is 0. The molecular weight excluding hydrogens is 348 g/mol. The molecule has 100 valence electrons. The summed E-state index contributed by atoms with van der Waals surface area (Å²) in [6.45, 7) is 0. The summed E-state index contributed by atoms with van der Waals surface area (Å²) in [5.74, 6) is 0.688. The first kappa shape index (κ1) is 14.3. The number of benzene rings is 2. The third-order valence-corrected chi connectivity index (χ3v) is 3.13. The van der Waals surface area contributed by atoms with Crippen molar-refractivity contribution in [1.29, 1.82) is 5.26 Å². The van der Waals surface area contributed by atoms with Crippen LogP contribution in [0.3, 0.4) is 0 Å². The standard InChI is InChI=1S/C13H6BrClN2O3/c14-9-3-10(17(18)19)5-12(4-9)20-11-2-1-8(7-16)13(15)6-11/h1-6H. The first-order valence-corrected chi connectivity index (χ1v) is 6.49. The highest BCUT2D eigenvalue weighted by molar-refractivity contribution is 9.10. The van der Waals surface area contributed by atoms with E-state index in [1.165, 1.54) is 24.3 Å². The number of nitrogens with zero attached hydrogens (tertiary/aromatic N) is 2. The van der Waals surface area contributed by atoms with Crippen LogP contribution in [0, 0.1) is 21.4 Å². The summed E-state index contributed by atoms with van der Waals surface area (Å²) in [6.07, 6.45) is 0. The molecule has 0 heterocycles. The summed E-state index contributed by atoms with van der Waals surface area (Å²) in [7, 11) is 0. The Morgan fingerprint density at radius 2 is 2.00 bits per heavy atom. The van der Waals surface area contributed by atoms with Crippen molar-refractivity contribution < 1.29 is 9.66 Å². The summed E-state index contributed by atoms with van der Waals surface area (Å²) < 4.78 is 6.03. The van der Waals surface area contributed by atoms with E-state index in [4.69, 9.17) is 21.6 Å². The minimum absolute atomic E-state index is 0.0888. The monoisotopic (exact) mass is 352 g/mol. The molecule has 0 atom stereocenters. The van der Waals surface area contributed by atoms with E-state index in [1.54, 1.807) is 12.1 Å². The molecule has 0 aliphatic heterocycles. The normalized spacial score (nSPS) is 9.85. The van der Waals surface area contributed by atoms with Crippen LogP contribution in [0.1, 0.15) is 5.56 Å². The smallest absolute Gasteiger partial charge is 0.274 e. The Hall–Kier alpha value is -2.10. The number of halogens is 2. The molecule has 0 aliphatic rings. The van der Waals surface area contributed by atoms with Gasteiger partial charge in [-0.05, 0) is 18.2 Å². The molecule has 2 rings (SSSR count). The van der Waals surface area contributed by atoms with Gasteiger partial charge in [-0.15, -0.1) is 0 Å². The van der Waals surface area contributed by atoms with Crippen LogP contribution in [0.4, 0.5) is 5.69 Å². The van der Waals surface area contributed by atoms with Crippen LogP contribution in [-0.2, 0) is 0 Å². The molecule has 0 aliphatic carbocycles. The molecule has 20 heavy (non-hydrogen) atoms. The zero-order chi connectivity index (χ0) is 14.7. The maximum absolute atomic E-state index is 10.8. The molecular formula is C13H6BrClN2O3. The molecule has 0 saturated heterocycles. The third kappa shape index (κ3) is 3.26. The fourth-order valence-corrected chi connectivity index (χ4v) is 2.17. The van der Waals surface area contributed by atoms with Gasteiger partial charge >= 0.3 is 0 Å². The number of nitro groups is 1. The maximum Gasteiger partial charge on any atom is 0.274 e. The van der Waals surface area contributed by atoms with Crippen molar-refractivity contribution in [3.63, 3.8) is 0 Å². The van der Waals surface area contributed by atoms with E-state index in [0.717, 1.165) is 0 Å². The fraction of sp³-hybridized carbons (Fsp3) is 0. The topological polar surface area (TPSA) is 76.2 Å². The second kappa shape index (κ2) is 5.90. The molecule has 0 spiro atoms. The average molecular weight is 354 g/mol. The number of ether oxygens (including phenoxy) is 1. The molecule has 2 aromatic rings. The molecule has 0 amide bonds. The Bertz CT molecular complexity index is 728. The van der Waals surface area contributed by atoms with Crippen molar-refractivity contribution in [2.24, 2.45) is 0 Å². The predicted octanol–water partition coefficient (Wildman–Crippen LogP) is 4.67. The van der Waals surface area contributed by atoms with E-state index in [-0.39, 0.29) is 10.7 Å². The molecule has 2 aromatic carbocycles. The summed E-state index contributed by atoms with van der Waals surface area (Å²) in [6, 6.07) is 10.8. The predicted molar refractivity (Wildman–Crippen MR) is 77.0 cm³/mol. The zero-order valence-electron chi connectivity index (χ0n) is 9.84. The Morgan fingerprint density at radius 1 is 1.25 bits per heavy atom. The lowest BCUT2D eigenvalue weighted by Gasteiger charge is -2.07. The van der Waals surface area contributed by atoms with Crippen molar-refractivity contribution >= 4 is 33.2 Å². The van der Waals surface area contributed by atoms with Crippen LogP contribution in [0.25, 0.3) is 0 Å². The lowest BCUT2D eigenvalue weighted by atomic mass is 10.2. The van der Waals surface area contributed by atoms with Gasteiger partial charge in [0.25, 0.3) is 5.69 Å². The maximum atomic E-state index is 10.8. The largest absolute Gasteiger partial charge is 0.457 e. The lowest BCUT2D eigenvalue weighted by molar-refractivity contribution is -0.385. The van der Waals surface area contributed by atoms with E-state index in [9.17, 15) is 10.1 Å². The quantitative estimate of drug-likeness (QED) is 0.593. The van der Waals surface area contributed by atoms with E-state index in [2.05, 4.69) is 15.9 Å². The van der Waals surface area contributed by atoms with E-state index in [0.29, 0.717) is 21.5 Å². The minimum Gasteiger partial charge on any atom is -0.457 e. The number of nitriles is 1. The van der Waals surface area contributed by atoms with Crippen molar-refractivity contribution in [2.45, 2.75) is 0 Å². The highest BCUT2D eigenvalue weighted by atomic mass is 79.9. The second-order valence-electron chi connectivity index (χ2n) is 3.76. The van der Waals surface area contributed by atoms with Crippen molar-refractivity contribution in [1.82, 2.24) is 0 Å². The Labute approximate surface area is 127 Å². The van der Waals surface area contributed by atoms with Gasteiger partial charge in [0.05, 0.1) is 21.6 Å². The van der Waals surface area contributed by atoms with Crippen LogP contribution in [0.2, 0.25) is 5.02 Å². The Morgan fingerprint density at radius 3 is 2.60 bits per heavy atom. The fourth-order valence-electron chi connectivity index (χ4n) is 1.50. The summed E-state index contributed by atoms with van der Waals surface area (Å²) in [5, 5.41) is 19.8. The van der Waals surface area contributed by atoms with Gasteiger partial charge in [-0.3, -0.25) is 10.1 Å². The van der Waals surface area contributed by atoms with Gasteiger partial charge in [0, 0.05) is 16.6 Å². The number of non-ortho nitro benzene ring substituents is 1. The molecule has 0 saturated carbocycles. The molecule has 7 heteroatoms. The zero-order valence-corrected chi connectivity index (χ0v) is 12.2. The summed E-state index contributed by atoms with van der Waals surface area (Å²) in [5.41, 5.74) is 0.244. The van der Waals surface area contributed by atoms with Gasteiger partial charge in [0.15, 0.2) is 0 Å². The van der Waals surface area contributed by atoms with Crippen molar-refractivity contribution in [2.75, 3.05) is 0 Å². The number of hydrogen-bond acceptors (Lipinski definition) is 4. The first-order valence-electron chi connectivity index (χ1n) is 5.32. The lowest BCUT2D eigenvalue weighted by Crippen LogP contribution is -1.90. The molecule has 5 nitrogen and oxygen atoms in total. The van der Waals surface area contributed by atoms with Gasteiger partial charge in [0.2, 0.25) is 0 Å². The van der Waals surface area contributed by atoms with E-state index < -0.39 is 4.92 Å². The van der Waals surface area contributed by atoms with E-state index in [1.807, 2.05) is 6.07 Å². The highest BCUT2D eigenvalue weighted by Gasteiger charge is 2.11. The SMILES string of the molecule is N#Cc1ccc(Oc2cc(Br)cc([N+](=O)[O-])c2)cc1Cl. The van der Waals surface area contributed by atoms with Crippen LogP contribution < -0.4 is 4.74 Å². The summed E-state index contributed by atoms with van der Waals surface area (Å²) in [4.78, 5) is 10.3. The van der Waals surface area contributed by atoms with Crippen LogP contribution in [0.15, 0.2) is 40.9 Å². The van der Waals surface area contributed by atoms with Gasteiger partial charge in [-0.1, -0.05) is 27.5 Å². The average Bonchev–Trinajstić information content (AvgIpc) is 2.38. The van der Waals surface area contributed by atoms with E-state index >= 15 is 0 Å². The Kier molecular flexibility index (Phi) is 4.23. The summed E-state index contributed by atoms with van der Waals surface area (Å²) >= 11 is 9.07. The second-order valence-corrected chi connectivity index (χ2v) is 5.08. The Balaban J connectivity index is 2.33. The number of rotatable bonds is 3. The molecule has 0 fully saturated rings. The highest BCUT2D eigenvalue weighted by Crippen LogP contribution is 2.31. The van der Waals surface area contributed by atoms with Gasteiger partial charge in [-0.25, -0.2) is 0 Å². The third-order valence-electron chi connectivity index (χ3n) is 2.36. The minimum atomic E-state index is -0.511. The molecule has 0 unspecified atom stereocenters. The van der Waals surface area contributed by atoms with Gasteiger partial charge < -0.3 is 4.74 Å². The molecule has 0 bridgehead atoms.